The Morgan fingerprint density at radius 3 is 2.38 bits per heavy atom. The molecule has 0 aliphatic carbocycles. The second kappa shape index (κ2) is 4.56. The summed E-state index contributed by atoms with van der Waals surface area (Å²) in [5.41, 5.74) is 1.92. The van der Waals surface area contributed by atoms with E-state index in [9.17, 15) is 4.79 Å². The average molecular weight is 221 g/mol. The van der Waals surface area contributed by atoms with Crippen LogP contribution >= 0.6 is 0 Å². The number of amides is 1. The molecule has 0 bridgehead atoms. The Morgan fingerprint density at radius 2 is 1.94 bits per heavy atom. The Balaban J connectivity index is 3.12. The van der Waals surface area contributed by atoms with Crippen LogP contribution in [0.4, 0.5) is 5.69 Å². The lowest BCUT2D eigenvalue weighted by Crippen LogP contribution is -2.13. The molecule has 0 saturated carbocycles. The maximum absolute atomic E-state index is 10.9. The van der Waals surface area contributed by atoms with Gasteiger partial charge in [0.25, 0.3) is 0 Å². The maximum atomic E-state index is 10.9. The summed E-state index contributed by atoms with van der Waals surface area (Å²) >= 11 is 0. The third-order valence-electron chi connectivity index (χ3n) is 2.33. The van der Waals surface area contributed by atoms with Gasteiger partial charge in [-0.1, -0.05) is 26.8 Å². The number of methoxy groups -OCH3 is 1. The number of hydrogen-bond acceptors (Lipinski definition) is 2. The predicted molar refractivity (Wildman–Crippen MR) is 66.0 cm³/mol. The number of benzene rings is 1. The van der Waals surface area contributed by atoms with Gasteiger partial charge in [0.1, 0.15) is 5.75 Å². The van der Waals surface area contributed by atoms with Crippen molar-refractivity contribution in [1.82, 2.24) is 0 Å². The number of rotatable bonds is 2. The van der Waals surface area contributed by atoms with Gasteiger partial charge in [0, 0.05) is 18.7 Å². The SMILES string of the molecule is COc1cc(NC(C)=O)ccc1C(C)(C)C. The summed E-state index contributed by atoms with van der Waals surface area (Å²) in [7, 11) is 1.64. The molecule has 1 aromatic rings. The van der Waals surface area contributed by atoms with Gasteiger partial charge in [0.2, 0.25) is 5.91 Å². The van der Waals surface area contributed by atoms with E-state index in [0.29, 0.717) is 0 Å². The number of anilines is 1. The monoisotopic (exact) mass is 221 g/mol. The Morgan fingerprint density at radius 1 is 1.31 bits per heavy atom. The molecular formula is C13H19NO2. The molecule has 0 aromatic heterocycles. The second-order valence-corrected chi connectivity index (χ2v) is 4.85. The van der Waals surface area contributed by atoms with Gasteiger partial charge in [-0.15, -0.1) is 0 Å². The van der Waals surface area contributed by atoms with Crippen molar-refractivity contribution in [2.24, 2.45) is 0 Å². The summed E-state index contributed by atoms with van der Waals surface area (Å²) in [5.74, 6) is 0.726. The van der Waals surface area contributed by atoms with Crippen molar-refractivity contribution in [3.8, 4) is 5.75 Å². The Labute approximate surface area is 96.8 Å². The van der Waals surface area contributed by atoms with Gasteiger partial charge in [-0.05, 0) is 17.0 Å². The molecule has 88 valence electrons. The molecule has 0 saturated heterocycles. The van der Waals surface area contributed by atoms with Crippen molar-refractivity contribution in [3.63, 3.8) is 0 Å². The first-order chi connectivity index (χ1) is 7.34. The number of carbonyl (C=O) groups excluding carboxylic acids is 1. The number of nitrogens with one attached hydrogen (secondary N) is 1. The summed E-state index contributed by atoms with van der Waals surface area (Å²) in [6, 6.07) is 5.73. The zero-order valence-corrected chi connectivity index (χ0v) is 10.5. The van der Waals surface area contributed by atoms with Crippen LogP contribution in [-0.2, 0) is 10.2 Å². The molecule has 0 atom stereocenters. The van der Waals surface area contributed by atoms with Crippen LogP contribution in [0.3, 0.4) is 0 Å². The lowest BCUT2D eigenvalue weighted by molar-refractivity contribution is -0.114. The smallest absolute Gasteiger partial charge is 0.221 e. The maximum Gasteiger partial charge on any atom is 0.221 e. The van der Waals surface area contributed by atoms with Gasteiger partial charge < -0.3 is 10.1 Å². The fraction of sp³-hybridized carbons (Fsp3) is 0.462. The lowest BCUT2D eigenvalue weighted by atomic mass is 9.86. The zero-order chi connectivity index (χ0) is 12.3. The first-order valence-corrected chi connectivity index (χ1v) is 5.30. The molecule has 0 spiro atoms. The van der Waals surface area contributed by atoms with Crippen molar-refractivity contribution in [2.75, 3.05) is 12.4 Å². The van der Waals surface area contributed by atoms with Crippen LogP contribution in [0.25, 0.3) is 0 Å². The summed E-state index contributed by atoms with van der Waals surface area (Å²) in [6.45, 7) is 7.87. The highest BCUT2D eigenvalue weighted by Gasteiger charge is 2.18. The van der Waals surface area contributed by atoms with E-state index in [0.717, 1.165) is 17.0 Å². The minimum Gasteiger partial charge on any atom is -0.496 e. The zero-order valence-electron chi connectivity index (χ0n) is 10.5. The van der Waals surface area contributed by atoms with E-state index in [4.69, 9.17) is 4.74 Å². The van der Waals surface area contributed by atoms with Gasteiger partial charge in [0.05, 0.1) is 7.11 Å². The molecular weight excluding hydrogens is 202 g/mol. The van der Waals surface area contributed by atoms with Crippen molar-refractivity contribution in [2.45, 2.75) is 33.1 Å². The third kappa shape index (κ3) is 2.99. The van der Waals surface area contributed by atoms with E-state index in [-0.39, 0.29) is 11.3 Å². The summed E-state index contributed by atoms with van der Waals surface area (Å²) in [4.78, 5) is 10.9. The van der Waals surface area contributed by atoms with E-state index in [1.807, 2.05) is 18.2 Å². The van der Waals surface area contributed by atoms with Gasteiger partial charge in [-0.3, -0.25) is 4.79 Å². The first kappa shape index (κ1) is 12.6. The molecule has 3 nitrogen and oxygen atoms in total. The van der Waals surface area contributed by atoms with Crippen LogP contribution in [0.5, 0.6) is 5.75 Å². The van der Waals surface area contributed by atoms with E-state index >= 15 is 0 Å². The molecule has 0 radical (unpaired) electrons. The Bertz CT molecular complexity index is 391. The Kier molecular flexibility index (Phi) is 3.58. The fourth-order valence-electron chi connectivity index (χ4n) is 1.59. The lowest BCUT2D eigenvalue weighted by Gasteiger charge is -2.22. The van der Waals surface area contributed by atoms with Crippen LogP contribution in [-0.4, -0.2) is 13.0 Å². The molecule has 0 aliphatic heterocycles. The molecule has 16 heavy (non-hydrogen) atoms. The summed E-state index contributed by atoms with van der Waals surface area (Å²) in [5, 5.41) is 2.74. The first-order valence-electron chi connectivity index (χ1n) is 5.30. The highest BCUT2D eigenvalue weighted by Crippen LogP contribution is 2.33. The van der Waals surface area contributed by atoms with E-state index in [2.05, 4.69) is 26.1 Å². The quantitative estimate of drug-likeness (QED) is 0.833. The molecule has 1 amide bonds. The van der Waals surface area contributed by atoms with Crippen molar-refractivity contribution >= 4 is 11.6 Å². The van der Waals surface area contributed by atoms with E-state index < -0.39 is 0 Å². The van der Waals surface area contributed by atoms with Crippen LogP contribution in [0.2, 0.25) is 0 Å². The topological polar surface area (TPSA) is 38.3 Å². The predicted octanol–water partition coefficient (Wildman–Crippen LogP) is 2.95. The number of carbonyl (C=O) groups is 1. The van der Waals surface area contributed by atoms with Crippen molar-refractivity contribution in [1.29, 1.82) is 0 Å². The van der Waals surface area contributed by atoms with Gasteiger partial charge in [0.15, 0.2) is 0 Å². The van der Waals surface area contributed by atoms with Gasteiger partial charge >= 0.3 is 0 Å². The van der Waals surface area contributed by atoms with Gasteiger partial charge in [-0.2, -0.15) is 0 Å². The van der Waals surface area contributed by atoms with E-state index in [1.54, 1.807) is 7.11 Å². The fourth-order valence-corrected chi connectivity index (χ4v) is 1.59. The van der Waals surface area contributed by atoms with Gasteiger partial charge in [-0.25, -0.2) is 0 Å². The van der Waals surface area contributed by atoms with Crippen LogP contribution in [0.15, 0.2) is 18.2 Å². The molecule has 0 fully saturated rings. The standard InChI is InChI=1S/C13H19NO2/c1-9(15)14-10-6-7-11(13(2,3)4)12(8-10)16-5/h6-8H,1-5H3,(H,14,15). The minimum absolute atomic E-state index is 0.0279. The highest BCUT2D eigenvalue weighted by atomic mass is 16.5. The van der Waals surface area contributed by atoms with Crippen LogP contribution in [0.1, 0.15) is 33.3 Å². The molecule has 0 heterocycles. The summed E-state index contributed by atoms with van der Waals surface area (Å²) in [6.07, 6.45) is 0. The molecule has 1 aromatic carbocycles. The van der Waals surface area contributed by atoms with E-state index in [1.165, 1.54) is 6.92 Å². The third-order valence-corrected chi connectivity index (χ3v) is 2.33. The van der Waals surface area contributed by atoms with Crippen LogP contribution < -0.4 is 10.1 Å². The molecule has 0 aliphatic rings. The molecule has 3 heteroatoms. The Hall–Kier alpha value is -1.51. The highest BCUT2D eigenvalue weighted by molar-refractivity contribution is 5.88. The molecule has 0 unspecified atom stereocenters. The van der Waals surface area contributed by atoms with Crippen molar-refractivity contribution < 1.29 is 9.53 Å². The minimum atomic E-state index is -0.0782. The number of hydrogen-bond donors (Lipinski definition) is 1. The molecule has 1 N–H and O–H groups in total. The van der Waals surface area contributed by atoms with Crippen LogP contribution in [0, 0.1) is 0 Å². The molecule has 1 rings (SSSR count). The number of ether oxygens (including phenoxy) is 1. The normalized spacial score (nSPS) is 11.1. The second-order valence-electron chi connectivity index (χ2n) is 4.85. The average Bonchev–Trinajstić information content (AvgIpc) is 2.14. The van der Waals surface area contributed by atoms with Crippen molar-refractivity contribution in [3.05, 3.63) is 23.8 Å². The largest absolute Gasteiger partial charge is 0.496 e. The summed E-state index contributed by atoms with van der Waals surface area (Å²) < 4.78 is 5.34.